The zero-order chi connectivity index (χ0) is 13.1. The molecule has 1 aromatic carbocycles. The number of likely N-dealkylation sites (tertiary alicyclic amines) is 1. The molecule has 1 aliphatic heterocycles. The second-order valence-electron chi connectivity index (χ2n) is 5.00. The van der Waals surface area contributed by atoms with E-state index in [1.54, 1.807) is 0 Å². The maximum atomic E-state index is 11.9. The van der Waals surface area contributed by atoms with Gasteiger partial charge in [0.05, 0.1) is 6.04 Å². The van der Waals surface area contributed by atoms with Crippen molar-refractivity contribution in [2.24, 2.45) is 5.73 Å². The molecular formula is C15H22N2O. The Morgan fingerprint density at radius 1 is 1.28 bits per heavy atom. The summed E-state index contributed by atoms with van der Waals surface area (Å²) in [6, 6.07) is 8.49. The van der Waals surface area contributed by atoms with Crippen molar-refractivity contribution >= 4 is 5.91 Å². The van der Waals surface area contributed by atoms with Gasteiger partial charge < -0.3 is 10.6 Å². The summed E-state index contributed by atoms with van der Waals surface area (Å²) in [5.74, 6) is 0.189. The van der Waals surface area contributed by atoms with Crippen LogP contribution in [0.25, 0.3) is 0 Å². The molecule has 0 aromatic heterocycles. The molecule has 2 atom stereocenters. The first kappa shape index (κ1) is 13.1. The van der Waals surface area contributed by atoms with E-state index < -0.39 is 0 Å². The Labute approximate surface area is 109 Å². The Bertz CT molecular complexity index is 413. The van der Waals surface area contributed by atoms with Crippen molar-refractivity contribution in [2.45, 2.75) is 45.2 Å². The molecule has 2 N–H and O–H groups in total. The van der Waals surface area contributed by atoms with Crippen LogP contribution in [0.4, 0.5) is 0 Å². The van der Waals surface area contributed by atoms with Crippen molar-refractivity contribution < 1.29 is 4.79 Å². The number of nitrogens with zero attached hydrogens (tertiary/aromatic N) is 1. The molecule has 98 valence electrons. The fraction of sp³-hybridized carbons (Fsp3) is 0.533. The summed E-state index contributed by atoms with van der Waals surface area (Å²) in [6.07, 6.45) is 2.48. The third-order valence-corrected chi connectivity index (χ3v) is 3.67. The lowest BCUT2D eigenvalue weighted by Crippen LogP contribution is -2.33. The smallest absolute Gasteiger partial charge is 0.224 e. The second-order valence-corrected chi connectivity index (χ2v) is 5.00. The average molecular weight is 246 g/mol. The number of carbonyl (C=O) groups is 1. The Balaban J connectivity index is 2.25. The van der Waals surface area contributed by atoms with Crippen LogP contribution in [0.15, 0.2) is 24.3 Å². The average Bonchev–Trinajstić information content (AvgIpc) is 2.65. The summed E-state index contributed by atoms with van der Waals surface area (Å²) < 4.78 is 0. The second kappa shape index (κ2) is 5.53. The van der Waals surface area contributed by atoms with Crippen molar-refractivity contribution in [3.63, 3.8) is 0 Å². The van der Waals surface area contributed by atoms with E-state index in [4.69, 9.17) is 5.73 Å². The summed E-state index contributed by atoms with van der Waals surface area (Å²) >= 11 is 0. The predicted molar refractivity (Wildman–Crippen MR) is 73.2 cm³/mol. The number of rotatable bonds is 4. The van der Waals surface area contributed by atoms with Gasteiger partial charge >= 0.3 is 0 Å². The lowest BCUT2D eigenvalue weighted by Gasteiger charge is -2.27. The van der Waals surface area contributed by atoms with Crippen LogP contribution >= 0.6 is 0 Å². The SMILES string of the molecule is CCCN1C(=O)CC(N)C1c1ccc(CC)cc1. The first-order valence-corrected chi connectivity index (χ1v) is 6.81. The molecular weight excluding hydrogens is 224 g/mol. The lowest BCUT2D eigenvalue weighted by atomic mass is 9.99. The number of carbonyl (C=O) groups excluding carboxylic acids is 1. The molecule has 1 amide bonds. The molecule has 1 aliphatic rings. The molecule has 2 unspecified atom stereocenters. The highest BCUT2D eigenvalue weighted by Gasteiger charge is 2.37. The Kier molecular flexibility index (Phi) is 4.02. The molecule has 3 nitrogen and oxygen atoms in total. The number of benzene rings is 1. The fourth-order valence-electron chi connectivity index (χ4n) is 2.70. The first-order chi connectivity index (χ1) is 8.67. The lowest BCUT2D eigenvalue weighted by molar-refractivity contribution is -0.129. The zero-order valence-corrected chi connectivity index (χ0v) is 11.2. The summed E-state index contributed by atoms with van der Waals surface area (Å²) in [5.41, 5.74) is 8.61. The number of hydrogen-bond donors (Lipinski definition) is 1. The molecule has 0 aliphatic carbocycles. The zero-order valence-electron chi connectivity index (χ0n) is 11.2. The number of hydrogen-bond acceptors (Lipinski definition) is 2. The summed E-state index contributed by atoms with van der Waals surface area (Å²) in [4.78, 5) is 13.9. The maximum absolute atomic E-state index is 11.9. The van der Waals surface area contributed by atoms with E-state index in [0.29, 0.717) is 6.42 Å². The van der Waals surface area contributed by atoms with Crippen LogP contribution in [-0.2, 0) is 11.2 Å². The van der Waals surface area contributed by atoms with Crippen molar-refractivity contribution in [3.8, 4) is 0 Å². The Morgan fingerprint density at radius 3 is 2.50 bits per heavy atom. The number of nitrogens with two attached hydrogens (primary N) is 1. The van der Waals surface area contributed by atoms with Crippen LogP contribution in [0.1, 0.15) is 43.9 Å². The molecule has 1 aromatic rings. The highest BCUT2D eigenvalue weighted by Crippen LogP contribution is 2.32. The van der Waals surface area contributed by atoms with E-state index in [1.165, 1.54) is 11.1 Å². The van der Waals surface area contributed by atoms with E-state index in [2.05, 4.69) is 38.1 Å². The first-order valence-electron chi connectivity index (χ1n) is 6.81. The van der Waals surface area contributed by atoms with Crippen LogP contribution in [0.2, 0.25) is 0 Å². The van der Waals surface area contributed by atoms with E-state index in [1.807, 2.05) is 4.90 Å². The molecule has 1 saturated heterocycles. The predicted octanol–water partition coefficient (Wildman–Crippen LogP) is 2.26. The third-order valence-electron chi connectivity index (χ3n) is 3.67. The van der Waals surface area contributed by atoms with Gasteiger partial charge in [-0.2, -0.15) is 0 Å². The monoisotopic (exact) mass is 246 g/mol. The van der Waals surface area contributed by atoms with Crippen LogP contribution in [0, 0.1) is 0 Å². The largest absolute Gasteiger partial charge is 0.334 e. The quantitative estimate of drug-likeness (QED) is 0.885. The van der Waals surface area contributed by atoms with Gasteiger partial charge in [-0.1, -0.05) is 38.1 Å². The van der Waals surface area contributed by atoms with Gasteiger partial charge in [-0.05, 0) is 24.0 Å². The highest BCUT2D eigenvalue weighted by molar-refractivity contribution is 5.80. The molecule has 1 fully saturated rings. The van der Waals surface area contributed by atoms with Gasteiger partial charge in [0, 0.05) is 19.0 Å². The molecule has 0 radical (unpaired) electrons. The minimum Gasteiger partial charge on any atom is -0.334 e. The van der Waals surface area contributed by atoms with Crippen LogP contribution in [0.3, 0.4) is 0 Å². The van der Waals surface area contributed by atoms with Crippen LogP contribution in [0.5, 0.6) is 0 Å². The van der Waals surface area contributed by atoms with Crippen molar-refractivity contribution in [1.82, 2.24) is 4.90 Å². The Morgan fingerprint density at radius 2 is 1.94 bits per heavy atom. The molecule has 0 spiro atoms. The van der Waals surface area contributed by atoms with Gasteiger partial charge in [0.25, 0.3) is 0 Å². The minimum atomic E-state index is -0.0727. The van der Waals surface area contributed by atoms with E-state index in [-0.39, 0.29) is 18.0 Å². The van der Waals surface area contributed by atoms with Crippen LogP contribution < -0.4 is 5.73 Å². The van der Waals surface area contributed by atoms with E-state index >= 15 is 0 Å². The van der Waals surface area contributed by atoms with Gasteiger partial charge in [-0.15, -0.1) is 0 Å². The summed E-state index contributed by atoms with van der Waals surface area (Å²) in [7, 11) is 0. The van der Waals surface area contributed by atoms with Gasteiger partial charge in [-0.3, -0.25) is 4.79 Å². The molecule has 18 heavy (non-hydrogen) atoms. The standard InChI is InChI=1S/C15H22N2O/c1-3-9-17-14(18)10-13(16)15(17)12-7-5-11(4-2)6-8-12/h5-8,13,15H,3-4,9-10,16H2,1-2H3. The molecule has 0 saturated carbocycles. The summed E-state index contributed by atoms with van der Waals surface area (Å²) in [5, 5.41) is 0. The number of aryl methyl sites for hydroxylation is 1. The van der Waals surface area contributed by atoms with Gasteiger partial charge in [0.1, 0.15) is 0 Å². The highest BCUT2D eigenvalue weighted by atomic mass is 16.2. The fourth-order valence-corrected chi connectivity index (χ4v) is 2.70. The van der Waals surface area contributed by atoms with E-state index in [9.17, 15) is 4.79 Å². The van der Waals surface area contributed by atoms with Gasteiger partial charge in [-0.25, -0.2) is 0 Å². The minimum absolute atomic E-state index is 0.0587. The normalized spacial score (nSPS) is 23.7. The topological polar surface area (TPSA) is 46.3 Å². The molecule has 1 heterocycles. The Hall–Kier alpha value is -1.35. The maximum Gasteiger partial charge on any atom is 0.224 e. The summed E-state index contributed by atoms with van der Waals surface area (Å²) in [6.45, 7) is 5.03. The number of amides is 1. The molecule has 3 heteroatoms. The van der Waals surface area contributed by atoms with Crippen molar-refractivity contribution in [3.05, 3.63) is 35.4 Å². The van der Waals surface area contributed by atoms with Gasteiger partial charge in [0.15, 0.2) is 0 Å². The van der Waals surface area contributed by atoms with Crippen molar-refractivity contribution in [1.29, 1.82) is 0 Å². The van der Waals surface area contributed by atoms with Crippen molar-refractivity contribution in [2.75, 3.05) is 6.54 Å². The van der Waals surface area contributed by atoms with Gasteiger partial charge in [0.2, 0.25) is 5.91 Å². The third kappa shape index (κ3) is 2.41. The van der Waals surface area contributed by atoms with Crippen LogP contribution in [-0.4, -0.2) is 23.4 Å². The van der Waals surface area contributed by atoms with E-state index in [0.717, 1.165) is 19.4 Å². The molecule has 0 bridgehead atoms. The molecule has 2 rings (SSSR count).